The molecule has 5 rings (SSSR count). The summed E-state index contributed by atoms with van der Waals surface area (Å²) < 4.78 is 16.6. The van der Waals surface area contributed by atoms with Gasteiger partial charge in [0, 0.05) is 30.1 Å². The van der Waals surface area contributed by atoms with Crippen molar-refractivity contribution in [1.82, 2.24) is 9.88 Å². The third-order valence-corrected chi connectivity index (χ3v) is 5.44. The summed E-state index contributed by atoms with van der Waals surface area (Å²) in [4.78, 5) is 17.9. The summed E-state index contributed by atoms with van der Waals surface area (Å²) in [6, 6.07) is 11.9. The van der Waals surface area contributed by atoms with Crippen molar-refractivity contribution in [3.8, 4) is 17.2 Å². The normalized spacial score (nSPS) is 17.9. The molecule has 2 aromatic carbocycles. The lowest BCUT2D eigenvalue weighted by Gasteiger charge is -2.35. The van der Waals surface area contributed by atoms with Crippen LogP contribution in [0.3, 0.4) is 0 Å². The van der Waals surface area contributed by atoms with Crippen LogP contribution in [0.5, 0.6) is 17.2 Å². The van der Waals surface area contributed by atoms with Crippen LogP contribution in [0, 0.1) is 0 Å². The lowest BCUT2D eigenvalue weighted by Crippen LogP contribution is -2.39. The molecular formula is C21H20N2O4. The number of para-hydroxylation sites is 1. The van der Waals surface area contributed by atoms with Crippen LogP contribution < -0.4 is 14.2 Å². The molecule has 0 fully saturated rings. The lowest BCUT2D eigenvalue weighted by atomic mass is 9.92. The second-order valence-electron chi connectivity index (χ2n) is 6.88. The van der Waals surface area contributed by atoms with Gasteiger partial charge in [0.05, 0.1) is 13.2 Å². The number of hydrogen-bond acceptors (Lipinski definition) is 4. The average molecular weight is 364 g/mol. The number of benzene rings is 2. The van der Waals surface area contributed by atoms with Crippen LogP contribution in [-0.4, -0.2) is 36.2 Å². The molecule has 0 spiro atoms. The Hall–Kier alpha value is -3.15. The highest BCUT2D eigenvalue weighted by Crippen LogP contribution is 2.46. The molecule has 0 bridgehead atoms. The predicted molar refractivity (Wildman–Crippen MR) is 100 cm³/mol. The van der Waals surface area contributed by atoms with Crippen LogP contribution in [-0.2, 0) is 11.2 Å². The molecular weight excluding hydrogens is 344 g/mol. The molecule has 3 heterocycles. The average Bonchev–Trinajstić information content (AvgIpc) is 3.30. The minimum absolute atomic E-state index is 0.0425. The van der Waals surface area contributed by atoms with Gasteiger partial charge < -0.3 is 24.1 Å². The van der Waals surface area contributed by atoms with E-state index >= 15 is 0 Å². The van der Waals surface area contributed by atoms with E-state index in [-0.39, 0.29) is 18.7 Å². The number of hydrogen-bond donors (Lipinski definition) is 1. The maximum atomic E-state index is 12.4. The molecule has 1 unspecified atom stereocenters. The minimum atomic E-state index is -0.220. The van der Waals surface area contributed by atoms with Crippen molar-refractivity contribution in [1.29, 1.82) is 0 Å². The van der Waals surface area contributed by atoms with Gasteiger partial charge in [-0.3, -0.25) is 4.79 Å². The molecule has 2 aliphatic rings. The molecule has 0 radical (unpaired) electrons. The first-order valence-electron chi connectivity index (χ1n) is 9.01. The molecule has 0 saturated heterocycles. The fourth-order valence-electron chi connectivity index (χ4n) is 4.23. The Balaban J connectivity index is 1.73. The molecule has 27 heavy (non-hydrogen) atoms. The summed E-state index contributed by atoms with van der Waals surface area (Å²) in [5, 5.41) is 1.22. The van der Waals surface area contributed by atoms with Gasteiger partial charge in [-0.25, -0.2) is 0 Å². The SMILES string of the molecule is COc1cc(C2c3[nH]c4ccccc4c3CCN2C(C)=O)cc2c1OCO2. The number of nitrogens with one attached hydrogen (secondary N) is 1. The number of nitrogens with zero attached hydrogens (tertiary/aromatic N) is 1. The number of carbonyl (C=O) groups is 1. The molecule has 1 aromatic heterocycles. The Morgan fingerprint density at radius 1 is 1.26 bits per heavy atom. The number of ether oxygens (including phenoxy) is 3. The van der Waals surface area contributed by atoms with Crippen LogP contribution >= 0.6 is 0 Å². The van der Waals surface area contributed by atoms with E-state index in [4.69, 9.17) is 14.2 Å². The van der Waals surface area contributed by atoms with E-state index in [9.17, 15) is 4.79 Å². The highest BCUT2D eigenvalue weighted by molar-refractivity contribution is 5.86. The van der Waals surface area contributed by atoms with Gasteiger partial charge in [-0.05, 0) is 35.7 Å². The number of aromatic amines is 1. The van der Waals surface area contributed by atoms with E-state index in [0.717, 1.165) is 23.2 Å². The van der Waals surface area contributed by atoms with Crippen LogP contribution in [0.15, 0.2) is 36.4 Å². The summed E-state index contributed by atoms with van der Waals surface area (Å²) in [6.07, 6.45) is 0.830. The molecule has 1 atom stereocenters. The summed E-state index contributed by atoms with van der Waals surface area (Å²) in [7, 11) is 1.61. The molecule has 3 aromatic rings. The van der Waals surface area contributed by atoms with Crippen molar-refractivity contribution in [3.05, 3.63) is 53.2 Å². The molecule has 1 amide bonds. The summed E-state index contributed by atoms with van der Waals surface area (Å²) in [5.41, 5.74) is 4.35. The molecule has 6 nitrogen and oxygen atoms in total. The number of aromatic nitrogens is 1. The number of rotatable bonds is 2. The van der Waals surface area contributed by atoms with Gasteiger partial charge in [0.2, 0.25) is 18.4 Å². The molecule has 6 heteroatoms. The first-order chi connectivity index (χ1) is 13.2. The fourth-order valence-corrected chi connectivity index (χ4v) is 4.23. The molecule has 138 valence electrons. The summed E-state index contributed by atoms with van der Waals surface area (Å²) in [6.45, 7) is 2.46. The third kappa shape index (κ3) is 2.36. The monoisotopic (exact) mass is 364 g/mol. The Morgan fingerprint density at radius 2 is 2.11 bits per heavy atom. The van der Waals surface area contributed by atoms with E-state index in [0.29, 0.717) is 23.8 Å². The maximum absolute atomic E-state index is 12.4. The van der Waals surface area contributed by atoms with Crippen molar-refractivity contribution in [2.75, 3.05) is 20.4 Å². The molecule has 0 aliphatic carbocycles. The smallest absolute Gasteiger partial charge is 0.231 e. The van der Waals surface area contributed by atoms with E-state index < -0.39 is 0 Å². The highest BCUT2D eigenvalue weighted by Gasteiger charge is 2.35. The second kappa shape index (κ2) is 5.94. The van der Waals surface area contributed by atoms with Crippen molar-refractivity contribution < 1.29 is 19.0 Å². The Morgan fingerprint density at radius 3 is 2.93 bits per heavy atom. The number of fused-ring (bicyclic) bond motifs is 4. The zero-order valence-electron chi connectivity index (χ0n) is 15.2. The van der Waals surface area contributed by atoms with Crippen molar-refractivity contribution in [3.63, 3.8) is 0 Å². The first-order valence-corrected chi connectivity index (χ1v) is 9.01. The number of H-pyrrole nitrogens is 1. The van der Waals surface area contributed by atoms with Gasteiger partial charge in [0.25, 0.3) is 0 Å². The molecule has 1 N–H and O–H groups in total. The minimum Gasteiger partial charge on any atom is -0.493 e. The molecule has 2 aliphatic heterocycles. The second-order valence-corrected chi connectivity index (χ2v) is 6.88. The van der Waals surface area contributed by atoms with Crippen molar-refractivity contribution in [2.24, 2.45) is 0 Å². The van der Waals surface area contributed by atoms with E-state index in [2.05, 4.69) is 17.1 Å². The van der Waals surface area contributed by atoms with Crippen LogP contribution in [0.2, 0.25) is 0 Å². The Bertz CT molecular complexity index is 1060. The molecule has 0 saturated carbocycles. The van der Waals surface area contributed by atoms with Crippen molar-refractivity contribution >= 4 is 16.8 Å². The van der Waals surface area contributed by atoms with Crippen molar-refractivity contribution in [2.45, 2.75) is 19.4 Å². The van der Waals surface area contributed by atoms with E-state index in [1.165, 1.54) is 10.9 Å². The lowest BCUT2D eigenvalue weighted by molar-refractivity contribution is -0.130. The topological polar surface area (TPSA) is 63.8 Å². The van der Waals surface area contributed by atoms with Gasteiger partial charge >= 0.3 is 0 Å². The standard InChI is InChI=1S/C21H20N2O4/c1-12(24)23-8-7-15-14-5-3-4-6-16(14)22-19(15)20(23)13-9-17(25-2)21-18(10-13)26-11-27-21/h3-6,9-10,20,22H,7-8,11H2,1-2H3. The quantitative estimate of drug-likeness (QED) is 0.757. The van der Waals surface area contributed by atoms with Crippen LogP contribution in [0.1, 0.15) is 29.8 Å². The number of amides is 1. The summed E-state index contributed by atoms with van der Waals surface area (Å²) in [5.74, 6) is 1.92. The largest absolute Gasteiger partial charge is 0.493 e. The third-order valence-electron chi connectivity index (χ3n) is 5.44. The van der Waals surface area contributed by atoms with Gasteiger partial charge in [-0.15, -0.1) is 0 Å². The van der Waals surface area contributed by atoms with Gasteiger partial charge in [0.1, 0.15) is 0 Å². The van der Waals surface area contributed by atoms with Gasteiger partial charge in [0.15, 0.2) is 11.5 Å². The summed E-state index contributed by atoms with van der Waals surface area (Å²) >= 11 is 0. The van der Waals surface area contributed by atoms with Gasteiger partial charge in [-0.2, -0.15) is 0 Å². The van der Waals surface area contributed by atoms with Crippen LogP contribution in [0.4, 0.5) is 0 Å². The Kier molecular flexibility index (Phi) is 3.53. The highest BCUT2D eigenvalue weighted by atomic mass is 16.7. The first kappa shape index (κ1) is 16.1. The zero-order chi connectivity index (χ0) is 18.5. The van der Waals surface area contributed by atoms with E-state index in [1.807, 2.05) is 29.2 Å². The number of methoxy groups -OCH3 is 1. The maximum Gasteiger partial charge on any atom is 0.231 e. The fraction of sp³-hybridized carbons (Fsp3) is 0.286. The van der Waals surface area contributed by atoms with Crippen LogP contribution in [0.25, 0.3) is 10.9 Å². The number of carbonyl (C=O) groups excluding carboxylic acids is 1. The van der Waals surface area contributed by atoms with E-state index in [1.54, 1.807) is 14.0 Å². The predicted octanol–water partition coefficient (Wildman–Crippen LogP) is 3.40. The zero-order valence-corrected chi connectivity index (χ0v) is 15.2. The Labute approximate surface area is 156 Å². The van der Waals surface area contributed by atoms with Gasteiger partial charge in [-0.1, -0.05) is 18.2 Å².